The number of pyridine rings is 1. The number of benzene rings is 1. The Bertz CT molecular complexity index is 939. The fourth-order valence-electron chi connectivity index (χ4n) is 5.10. The number of piperidine rings is 1. The van der Waals surface area contributed by atoms with Gasteiger partial charge in [-0.05, 0) is 56.1 Å². The molecule has 0 amide bonds. The Morgan fingerprint density at radius 2 is 1.94 bits per heavy atom. The van der Waals surface area contributed by atoms with Gasteiger partial charge >= 0.3 is 0 Å². The molecular formula is C26H38ClFN4O2. The predicted octanol–water partition coefficient (Wildman–Crippen LogP) is 4.11. The summed E-state index contributed by atoms with van der Waals surface area (Å²) in [5.41, 5.74) is 2.45. The molecule has 8 heteroatoms. The minimum atomic E-state index is -0.104. The van der Waals surface area contributed by atoms with Crippen LogP contribution < -0.4 is 4.90 Å². The molecule has 1 aromatic heterocycles. The van der Waals surface area contributed by atoms with Crippen LogP contribution in [-0.2, 0) is 17.9 Å². The second-order valence-electron chi connectivity index (χ2n) is 9.20. The van der Waals surface area contributed by atoms with Crippen LogP contribution in [-0.4, -0.2) is 78.4 Å². The van der Waals surface area contributed by atoms with Gasteiger partial charge in [-0.3, -0.25) is 9.80 Å². The molecule has 2 saturated heterocycles. The minimum absolute atomic E-state index is 0. The Morgan fingerprint density at radius 1 is 1.18 bits per heavy atom. The number of methoxy groups -OCH3 is 1. The summed E-state index contributed by atoms with van der Waals surface area (Å²) in [7, 11) is 1.75. The summed E-state index contributed by atoms with van der Waals surface area (Å²) in [5.74, 6) is 0.664. The molecule has 0 bridgehead atoms. The number of hydrogen-bond donors (Lipinski definition) is 1. The van der Waals surface area contributed by atoms with E-state index in [1.54, 1.807) is 25.4 Å². The van der Waals surface area contributed by atoms with E-state index in [1.807, 2.05) is 19.1 Å². The van der Waals surface area contributed by atoms with E-state index in [1.165, 1.54) is 0 Å². The normalized spacial score (nSPS) is 20.4. The Kier molecular flexibility index (Phi) is 9.68. The molecule has 0 radical (unpaired) electrons. The molecule has 34 heavy (non-hydrogen) atoms. The summed E-state index contributed by atoms with van der Waals surface area (Å²) < 4.78 is 19.8. The fraction of sp³-hybridized carbons (Fsp3) is 0.577. The number of aliphatic hydroxyl groups excluding tert-OH is 1. The average molecular weight is 493 g/mol. The van der Waals surface area contributed by atoms with Gasteiger partial charge in [-0.1, -0.05) is 31.2 Å². The summed E-state index contributed by atoms with van der Waals surface area (Å²) >= 11 is 6.46. The highest BCUT2D eigenvalue weighted by molar-refractivity contribution is 6.33. The first-order valence-electron chi connectivity index (χ1n) is 11.7. The van der Waals surface area contributed by atoms with Crippen LogP contribution in [0.25, 0.3) is 0 Å². The Hall–Kier alpha value is -1.77. The maximum Gasteiger partial charge on any atom is 0.147 e. The first-order valence-corrected chi connectivity index (χ1v) is 12.1. The maximum atomic E-state index is 14.3. The summed E-state index contributed by atoms with van der Waals surface area (Å²) in [6.45, 7) is 7.67. The minimum Gasteiger partial charge on any atom is -0.392 e. The van der Waals surface area contributed by atoms with E-state index in [0.29, 0.717) is 29.8 Å². The Morgan fingerprint density at radius 3 is 2.59 bits per heavy atom. The lowest BCUT2D eigenvalue weighted by Gasteiger charge is -2.47. The van der Waals surface area contributed by atoms with E-state index in [0.717, 1.165) is 62.5 Å². The third-order valence-corrected chi connectivity index (χ3v) is 7.15. The number of anilines is 1. The van der Waals surface area contributed by atoms with Gasteiger partial charge in [-0.25, -0.2) is 9.37 Å². The second kappa shape index (κ2) is 12.3. The van der Waals surface area contributed by atoms with Gasteiger partial charge in [0.25, 0.3) is 0 Å². The lowest BCUT2D eigenvalue weighted by molar-refractivity contribution is 0.0248. The van der Waals surface area contributed by atoms with Crippen molar-refractivity contribution in [1.82, 2.24) is 14.8 Å². The van der Waals surface area contributed by atoms with Gasteiger partial charge in [0, 0.05) is 51.1 Å². The first kappa shape index (κ1) is 26.8. The van der Waals surface area contributed by atoms with Crippen LogP contribution in [0.3, 0.4) is 0 Å². The molecule has 1 unspecified atom stereocenters. The molecule has 4 rings (SSSR count). The van der Waals surface area contributed by atoms with Crippen molar-refractivity contribution in [3.05, 3.63) is 58.0 Å². The number of aliphatic hydroxyl groups is 1. The molecule has 2 aliphatic heterocycles. The maximum absolute atomic E-state index is 14.3. The largest absolute Gasteiger partial charge is 0.392 e. The van der Waals surface area contributed by atoms with Crippen molar-refractivity contribution in [2.45, 2.75) is 52.4 Å². The number of piperazine rings is 1. The molecule has 2 fully saturated rings. The van der Waals surface area contributed by atoms with E-state index >= 15 is 0 Å². The van der Waals surface area contributed by atoms with Gasteiger partial charge in [-0.15, -0.1) is 0 Å². The smallest absolute Gasteiger partial charge is 0.147 e. The van der Waals surface area contributed by atoms with Crippen molar-refractivity contribution in [3.63, 3.8) is 0 Å². The number of likely N-dealkylation sites (tertiary alicyclic amines) is 1. The van der Waals surface area contributed by atoms with Crippen LogP contribution in [0.5, 0.6) is 0 Å². The van der Waals surface area contributed by atoms with Crippen LogP contribution in [0.4, 0.5) is 10.2 Å². The van der Waals surface area contributed by atoms with E-state index in [-0.39, 0.29) is 25.9 Å². The van der Waals surface area contributed by atoms with Crippen molar-refractivity contribution in [2.24, 2.45) is 0 Å². The second-order valence-corrected chi connectivity index (χ2v) is 9.61. The molecule has 0 aliphatic carbocycles. The number of nitrogens with zero attached hydrogens (tertiary/aromatic N) is 4. The van der Waals surface area contributed by atoms with Crippen LogP contribution >= 0.6 is 11.6 Å². The van der Waals surface area contributed by atoms with Crippen LogP contribution in [0.1, 0.15) is 37.0 Å². The highest BCUT2D eigenvalue weighted by Crippen LogP contribution is 2.29. The zero-order chi connectivity index (χ0) is 23.4. The lowest BCUT2D eigenvalue weighted by Crippen LogP contribution is -2.60. The van der Waals surface area contributed by atoms with Crippen molar-refractivity contribution >= 4 is 17.4 Å². The highest BCUT2D eigenvalue weighted by Gasteiger charge is 2.34. The molecule has 0 spiro atoms. The molecular weight excluding hydrogens is 455 g/mol. The standard InChI is InChI=1S/C25H34ClFN4O2.CH4/c1-18-3-4-20(24(27)11-18)14-29-7-5-21(6-8-29)31-10-9-30(15-22(31)17-33-2)25-23(26)12-19(16-32)13-28-25;/h3-4,11-13,21-22,32H,5-10,14-17H2,1-2H3;1H4. The van der Waals surface area contributed by atoms with Gasteiger partial charge < -0.3 is 14.7 Å². The molecule has 3 heterocycles. The molecule has 0 saturated carbocycles. The van der Waals surface area contributed by atoms with Crippen molar-refractivity contribution in [2.75, 3.05) is 51.3 Å². The van der Waals surface area contributed by atoms with Gasteiger partial charge in [0.15, 0.2) is 0 Å². The van der Waals surface area contributed by atoms with E-state index in [4.69, 9.17) is 16.3 Å². The van der Waals surface area contributed by atoms with Crippen molar-refractivity contribution < 1.29 is 14.2 Å². The summed E-state index contributed by atoms with van der Waals surface area (Å²) in [4.78, 5) is 11.7. The topological polar surface area (TPSA) is 52.1 Å². The Balaban J connectivity index is 0.00000324. The number of aryl methyl sites for hydroxylation is 1. The summed E-state index contributed by atoms with van der Waals surface area (Å²) in [6, 6.07) is 8.05. The lowest BCUT2D eigenvalue weighted by atomic mass is 9.98. The molecule has 6 nitrogen and oxygen atoms in total. The molecule has 1 atom stereocenters. The number of halogens is 2. The highest BCUT2D eigenvalue weighted by atomic mass is 35.5. The zero-order valence-electron chi connectivity index (χ0n) is 19.5. The SMILES string of the molecule is C.COCC1CN(c2ncc(CO)cc2Cl)CCN1C1CCN(Cc2ccc(C)cc2F)CC1. The molecule has 2 aliphatic rings. The van der Waals surface area contributed by atoms with Crippen LogP contribution in [0, 0.1) is 12.7 Å². The number of ether oxygens (including phenoxy) is 1. The van der Waals surface area contributed by atoms with E-state index in [2.05, 4.69) is 19.7 Å². The van der Waals surface area contributed by atoms with Crippen LogP contribution in [0.15, 0.2) is 30.5 Å². The third-order valence-electron chi connectivity index (χ3n) is 6.88. The fourth-order valence-corrected chi connectivity index (χ4v) is 5.41. The zero-order valence-corrected chi connectivity index (χ0v) is 20.3. The number of aromatic nitrogens is 1. The molecule has 1 aromatic carbocycles. The van der Waals surface area contributed by atoms with Crippen LogP contribution in [0.2, 0.25) is 5.02 Å². The van der Waals surface area contributed by atoms with E-state index in [9.17, 15) is 9.50 Å². The van der Waals surface area contributed by atoms with Crippen molar-refractivity contribution in [3.8, 4) is 0 Å². The number of rotatable bonds is 7. The average Bonchev–Trinajstić information content (AvgIpc) is 2.81. The molecule has 1 N–H and O–H groups in total. The van der Waals surface area contributed by atoms with E-state index < -0.39 is 0 Å². The number of hydrogen-bond acceptors (Lipinski definition) is 6. The molecule has 188 valence electrons. The van der Waals surface area contributed by atoms with Crippen molar-refractivity contribution in [1.29, 1.82) is 0 Å². The monoisotopic (exact) mass is 492 g/mol. The Labute approximate surface area is 208 Å². The van der Waals surface area contributed by atoms with Gasteiger partial charge in [0.1, 0.15) is 11.6 Å². The predicted molar refractivity (Wildman–Crippen MR) is 136 cm³/mol. The first-order chi connectivity index (χ1) is 16.0. The van der Waals surface area contributed by atoms with Gasteiger partial charge in [0.2, 0.25) is 0 Å². The summed E-state index contributed by atoms with van der Waals surface area (Å²) in [5, 5.41) is 9.89. The van der Waals surface area contributed by atoms with Gasteiger partial charge in [0.05, 0.1) is 24.3 Å². The molecule has 2 aromatic rings. The third kappa shape index (κ3) is 6.26. The van der Waals surface area contributed by atoms with Gasteiger partial charge in [-0.2, -0.15) is 0 Å². The summed E-state index contributed by atoms with van der Waals surface area (Å²) in [6.07, 6.45) is 3.82. The quantitative estimate of drug-likeness (QED) is 0.627.